The van der Waals surface area contributed by atoms with Crippen LogP contribution in [0.1, 0.15) is 5.56 Å². The summed E-state index contributed by atoms with van der Waals surface area (Å²) in [4.78, 5) is 1.96. The zero-order chi connectivity index (χ0) is 13.6. The Morgan fingerprint density at radius 1 is 1.22 bits per heavy atom. The highest BCUT2D eigenvalue weighted by Crippen LogP contribution is 2.15. The van der Waals surface area contributed by atoms with Gasteiger partial charge in [-0.25, -0.2) is 8.42 Å². The predicted molar refractivity (Wildman–Crippen MR) is 73.9 cm³/mol. The van der Waals surface area contributed by atoms with Gasteiger partial charge in [-0.1, -0.05) is 18.2 Å². The van der Waals surface area contributed by atoms with Gasteiger partial charge in [0.15, 0.2) is 0 Å². The van der Waals surface area contributed by atoms with E-state index in [1.807, 2.05) is 43.1 Å². The Kier molecular flexibility index (Phi) is 5.62. The van der Waals surface area contributed by atoms with E-state index < -0.39 is 9.84 Å². The van der Waals surface area contributed by atoms with Gasteiger partial charge in [-0.2, -0.15) is 0 Å². The van der Waals surface area contributed by atoms with E-state index >= 15 is 0 Å². The van der Waals surface area contributed by atoms with Gasteiger partial charge in [0, 0.05) is 19.3 Å². The third-order valence-electron chi connectivity index (χ3n) is 2.67. The van der Waals surface area contributed by atoms with Crippen LogP contribution in [0.15, 0.2) is 24.3 Å². The summed E-state index contributed by atoms with van der Waals surface area (Å²) in [7, 11) is -0.990. The van der Waals surface area contributed by atoms with E-state index in [4.69, 9.17) is 4.74 Å². The molecule has 4 nitrogen and oxygen atoms in total. The first kappa shape index (κ1) is 15.0. The second kappa shape index (κ2) is 6.75. The van der Waals surface area contributed by atoms with Gasteiger partial charge in [0.25, 0.3) is 0 Å². The Morgan fingerprint density at radius 2 is 1.89 bits per heavy atom. The van der Waals surface area contributed by atoms with Crippen LogP contribution in [0.3, 0.4) is 0 Å². The molecule has 0 unspecified atom stereocenters. The Labute approximate surface area is 109 Å². The van der Waals surface area contributed by atoms with E-state index in [1.54, 1.807) is 0 Å². The zero-order valence-corrected chi connectivity index (χ0v) is 12.0. The first-order chi connectivity index (χ1) is 8.38. The minimum absolute atomic E-state index is 0.188. The molecule has 0 radical (unpaired) electrons. The fourth-order valence-electron chi connectivity index (χ4n) is 1.46. The smallest absolute Gasteiger partial charge is 0.148 e. The molecule has 0 N–H and O–H groups in total. The van der Waals surface area contributed by atoms with Crippen LogP contribution in [0.25, 0.3) is 0 Å². The van der Waals surface area contributed by atoms with Crippen molar-refractivity contribution in [2.24, 2.45) is 0 Å². The van der Waals surface area contributed by atoms with Gasteiger partial charge >= 0.3 is 0 Å². The number of ether oxygens (including phenoxy) is 1. The molecule has 0 fully saturated rings. The SMILES string of the molecule is Cc1ccccc1OCCN(C)CCS(C)(=O)=O. The van der Waals surface area contributed by atoms with Crippen LogP contribution in [0.5, 0.6) is 5.75 Å². The lowest BCUT2D eigenvalue weighted by molar-refractivity contribution is 0.243. The summed E-state index contributed by atoms with van der Waals surface area (Å²) in [6.45, 7) is 3.81. The zero-order valence-electron chi connectivity index (χ0n) is 11.2. The lowest BCUT2D eigenvalue weighted by atomic mass is 10.2. The summed E-state index contributed by atoms with van der Waals surface area (Å²) in [5.74, 6) is 1.07. The van der Waals surface area contributed by atoms with Gasteiger partial charge in [0.1, 0.15) is 22.2 Å². The third kappa shape index (κ3) is 6.02. The molecular formula is C13H21NO3S. The van der Waals surface area contributed by atoms with Crippen molar-refractivity contribution < 1.29 is 13.2 Å². The van der Waals surface area contributed by atoms with Crippen molar-refractivity contribution >= 4 is 9.84 Å². The van der Waals surface area contributed by atoms with Crippen molar-refractivity contribution in [1.29, 1.82) is 0 Å². The number of nitrogens with zero attached hydrogens (tertiary/aromatic N) is 1. The molecule has 0 saturated heterocycles. The number of hydrogen-bond acceptors (Lipinski definition) is 4. The van der Waals surface area contributed by atoms with Gasteiger partial charge < -0.3 is 9.64 Å². The van der Waals surface area contributed by atoms with Crippen LogP contribution in [0.4, 0.5) is 0 Å². The molecule has 0 saturated carbocycles. The lowest BCUT2D eigenvalue weighted by Gasteiger charge is -2.16. The largest absolute Gasteiger partial charge is 0.492 e. The molecule has 102 valence electrons. The molecule has 0 atom stereocenters. The molecular weight excluding hydrogens is 250 g/mol. The minimum Gasteiger partial charge on any atom is -0.492 e. The van der Waals surface area contributed by atoms with Gasteiger partial charge in [-0.3, -0.25) is 0 Å². The van der Waals surface area contributed by atoms with E-state index in [0.29, 0.717) is 19.7 Å². The van der Waals surface area contributed by atoms with Crippen molar-refractivity contribution in [1.82, 2.24) is 4.90 Å². The maximum absolute atomic E-state index is 11.0. The number of sulfone groups is 1. The maximum atomic E-state index is 11.0. The van der Waals surface area contributed by atoms with Crippen molar-refractivity contribution in [3.05, 3.63) is 29.8 Å². The van der Waals surface area contributed by atoms with Crippen LogP contribution in [-0.4, -0.2) is 52.1 Å². The van der Waals surface area contributed by atoms with Crippen molar-refractivity contribution in [2.45, 2.75) is 6.92 Å². The van der Waals surface area contributed by atoms with Crippen LogP contribution < -0.4 is 4.74 Å². The Morgan fingerprint density at radius 3 is 2.50 bits per heavy atom. The monoisotopic (exact) mass is 271 g/mol. The minimum atomic E-state index is -2.89. The van der Waals surface area contributed by atoms with Crippen molar-refractivity contribution in [3.8, 4) is 5.75 Å². The van der Waals surface area contributed by atoms with Crippen LogP contribution in [0, 0.1) is 6.92 Å². The molecule has 18 heavy (non-hydrogen) atoms. The van der Waals surface area contributed by atoms with Gasteiger partial charge in [-0.15, -0.1) is 0 Å². The summed E-state index contributed by atoms with van der Waals surface area (Å²) in [6, 6.07) is 7.85. The normalized spacial score (nSPS) is 11.8. The summed E-state index contributed by atoms with van der Waals surface area (Å²) in [6.07, 6.45) is 1.25. The quantitative estimate of drug-likeness (QED) is 0.751. The number of hydrogen-bond donors (Lipinski definition) is 0. The molecule has 0 spiro atoms. The number of rotatable bonds is 7. The fraction of sp³-hybridized carbons (Fsp3) is 0.538. The molecule has 0 aromatic heterocycles. The third-order valence-corrected chi connectivity index (χ3v) is 3.59. The van der Waals surface area contributed by atoms with E-state index in [9.17, 15) is 8.42 Å². The molecule has 5 heteroatoms. The van der Waals surface area contributed by atoms with Crippen LogP contribution in [-0.2, 0) is 9.84 Å². The molecule has 0 amide bonds. The van der Waals surface area contributed by atoms with Crippen molar-refractivity contribution in [2.75, 3.05) is 38.8 Å². The van der Waals surface area contributed by atoms with E-state index in [1.165, 1.54) is 6.26 Å². The summed E-state index contributed by atoms with van der Waals surface area (Å²) < 4.78 is 27.7. The number of para-hydroxylation sites is 1. The molecule has 0 aliphatic carbocycles. The van der Waals surface area contributed by atoms with E-state index in [0.717, 1.165) is 11.3 Å². The number of aryl methyl sites for hydroxylation is 1. The second-order valence-corrected chi connectivity index (χ2v) is 6.81. The Balaban J connectivity index is 2.28. The lowest BCUT2D eigenvalue weighted by Crippen LogP contribution is -2.29. The predicted octanol–water partition coefficient (Wildman–Crippen LogP) is 1.35. The molecule has 1 aromatic rings. The average Bonchev–Trinajstić information content (AvgIpc) is 2.28. The maximum Gasteiger partial charge on any atom is 0.148 e. The van der Waals surface area contributed by atoms with E-state index in [-0.39, 0.29) is 5.75 Å². The standard InChI is InChI=1S/C13H21NO3S/c1-12-6-4-5-7-13(12)17-10-8-14(2)9-11-18(3,15)16/h4-7H,8-11H2,1-3H3. The first-order valence-corrected chi connectivity index (χ1v) is 7.99. The Bertz CT molecular complexity index is 471. The molecule has 0 aliphatic rings. The topological polar surface area (TPSA) is 46.6 Å². The first-order valence-electron chi connectivity index (χ1n) is 5.93. The highest BCUT2D eigenvalue weighted by molar-refractivity contribution is 7.90. The molecule has 1 rings (SSSR count). The summed E-state index contributed by atoms with van der Waals surface area (Å²) >= 11 is 0. The highest BCUT2D eigenvalue weighted by atomic mass is 32.2. The van der Waals surface area contributed by atoms with Gasteiger partial charge in [-0.05, 0) is 25.6 Å². The van der Waals surface area contributed by atoms with Crippen LogP contribution in [0.2, 0.25) is 0 Å². The van der Waals surface area contributed by atoms with Crippen LogP contribution >= 0.6 is 0 Å². The van der Waals surface area contributed by atoms with Gasteiger partial charge in [0.2, 0.25) is 0 Å². The number of likely N-dealkylation sites (N-methyl/N-ethyl adjacent to an activating group) is 1. The molecule has 1 aromatic carbocycles. The Hall–Kier alpha value is -1.07. The van der Waals surface area contributed by atoms with Crippen molar-refractivity contribution in [3.63, 3.8) is 0 Å². The van der Waals surface area contributed by atoms with Gasteiger partial charge in [0.05, 0.1) is 5.75 Å². The summed E-state index contributed by atoms with van der Waals surface area (Å²) in [5.41, 5.74) is 1.11. The molecule has 0 bridgehead atoms. The summed E-state index contributed by atoms with van der Waals surface area (Å²) in [5, 5.41) is 0. The molecule has 0 aliphatic heterocycles. The fourth-order valence-corrected chi connectivity index (χ4v) is 2.11. The number of benzene rings is 1. The highest BCUT2D eigenvalue weighted by Gasteiger charge is 2.05. The van der Waals surface area contributed by atoms with E-state index in [2.05, 4.69) is 0 Å². The average molecular weight is 271 g/mol. The molecule has 0 heterocycles. The second-order valence-electron chi connectivity index (χ2n) is 4.55.